The Morgan fingerprint density at radius 2 is 1.71 bits per heavy atom. The van der Waals surface area contributed by atoms with Crippen molar-refractivity contribution in [2.24, 2.45) is 0 Å². The van der Waals surface area contributed by atoms with Crippen LogP contribution in [0.5, 0.6) is 0 Å². The maximum absolute atomic E-state index is 12.2. The van der Waals surface area contributed by atoms with Crippen LogP contribution in [0.1, 0.15) is 35.7 Å². The summed E-state index contributed by atoms with van der Waals surface area (Å²) in [5, 5.41) is 2.70. The number of nitrogens with one attached hydrogen (secondary N) is 2. The topological polar surface area (TPSA) is 102 Å². The van der Waals surface area contributed by atoms with Crippen molar-refractivity contribution in [3.05, 3.63) is 65.7 Å². The highest BCUT2D eigenvalue weighted by Gasteiger charge is 2.28. The summed E-state index contributed by atoms with van der Waals surface area (Å²) >= 11 is 0. The molecule has 0 aromatic heterocycles. The second kappa shape index (κ2) is 8.53. The van der Waals surface area contributed by atoms with Crippen molar-refractivity contribution in [1.82, 2.24) is 10.0 Å². The Morgan fingerprint density at radius 3 is 2.32 bits per heavy atom. The molecule has 2 aromatic carbocycles. The number of carbonyl (C=O) groups excluding carboxylic acids is 2. The van der Waals surface area contributed by atoms with E-state index in [1.165, 1.54) is 31.2 Å². The average molecular weight is 402 g/mol. The van der Waals surface area contributed by atoms with Crippen LogP contribution in [0, 0.1) is 0 Å². The van der Waals surface area contributed by atoms with E-state index in [0.717, 1.165) is 18.4 Å². The van der Waals surface area contributed by atoms with E-state index >= 15 is 0 Å². The maximum atomic E-state index is 12.2. The molecular weight excluding hydrogens is 380 g/mol. The number of esters is 1. The fourth-order valence-corrected chi connectivity index (χ4v) is 3.77. The maximum Gasteiger partial charge on any atom is 0.338 e. The molecule has 3 rings (SSSR count). The zero-order valence-corrected chi connectivity index (χ0v) is 16.2. The van der Waals surface area contributed by atoms with Crippen LogP contribution in [0.4, 0.5) is 0 Å². The number of sulfonamides is 1. The minimum absolute atomic E-state index is 0.00453. The molecule has 2 aromatic rings. The molecule has 0 saturated heterocycles. The summed E-state index contributed by atoms with van der Waals surface area (Å²) in [6, 6.07) is 14.8. The summed E-state index contributed by atoms with van der Waals surface area (Å²) < 4.78 is 32.0. The summed E-state index contributed by atoms with van der Waals surface area (Å²) in [7, 11) is -3.58. The van der Waals surface area contributed by atoms with Crippen molar-refractivity contribution in [1.29, 1.82) is 0 Å². The van der Waals surface area contributed by atoms with E-state index in [1.807, 2.05) is 30.3 Å². The van der Waals surface area contributed by atoms with Gasteiger partial charge in [-0.15, -0.1) is 0 Å². The summed E-state index contributed by atoms with van der Waals surface area (Å²) in [5.74, 6) is -1.11. The van der Waals surface area contributed by atoms with Crippen LogP contribution in [0.2, 0.25) is 0 Å². The Hall–Kier alpha value is -2.71. The Kier molecular flexibility index (Phi) is 6.11. The lowest BCUT2D eigenvalue weighted by Gasteiger charge is -2.14. The van der Waals surface area contributed by atoms with E-state index in [-0.39, 0.29) is 16.5 Å². The van der Waals surface area contributed by atoms with E-state index in [2.05, 4.69) is 10.0 Å². The number of hydrogen-bond acceptors (Lipinski definition) is 5. The molecule has 1 amide bonds. The van der Waals surface area contributed by atoms with Crippen LogP contribution in [0.15, 0.2) is 59.5 Å². The molecule has 7 nitrogen and oxygen atoms in total. The second-order valence-corrected chi connectivity index (χ2v) is 8.38. The molecule has 148 valence electrons. The van der Waals surface area contributed by atoms with Gasteiger partial charge < -0.3 is 10.1 Å². The van der Waals surface area contributed by atoms with E-state index < -0.39 is 28.0 Å². The Morgan fingerprint density at radius 1 is 1.07 bits per heavy atom. The normalized spacial score (nSPS) is 14.9. The van der Waals surface area contributed by atoms with Gasteiger partial charge in [0.05, 0.1) is 10.5 Å². The van der Waals surface area contributed by atoms with E-state index in [1.54, 1.807) is 0 Å². The first-order valence-corrected chi connectivity index (χ1v) is 10.5. The molecule has 2 N–H and O–H groups in total. The lowest BCUT2D eigenvalue weighted by atomic mass is 10.2. The van der Waals surface area contributed by atoms with E-state index in [4.69, 9.17) is 4.74 Å². The van der Waals surface area contributed by atoms with Gasteiger partial charge in [-0.05, 0) is 49.6 Å². The third-order valence-electron chi connectivity index (χ3n) is 4.26. The summed E-state index contributed by atoms with van der Waals surface area (Å²) in [5.41, 5.74) is 1.11. The molecule has 1 unspecified atom stereocenters. The first kappa shape index (κ1) is 20.0. The van der Waals surface area contributed by atoms with E-state index in [9.17, 15) is 18.0 Å². The fraction of sp³-hybridized carbons (Fsp3) is 0.300. The smallest absolute Gasteiger partial charge is 0.338 e. The number of carbonyl (C=O) groups is 2. The molecule has 0 radical (unpaired) electrons. The van der Waals surface area contributed by atoms with Gasteiger partial charge in [-0.1, -0.05) is 30.3 Å². The molecule has 0 heterocycles. The van der Waals surface area contributed by atoms with Gasteiger partial charge in [-0.3, -0.25) is 4.79 Å². The van der Waals surface area contributed by atoms with Crippen LogP contribution in [-0.4, -0.2) is 32.4 Å². The lowest BCUT2D eigenvalue weighted by molar-refractivity contribution is -0.129. The molecule has 1 aliphatic carbocycles. The van der Waals surface area contributed by atoms with Crippen LogP contribution >= 0.6 is 0 Å². The van der Waals surface area contributed by atoms with Crippen molar-refractivity contribution in [3.63, 3.8) is 0 Å². The molecule has 28 heavy (non-hydrogen) atoms. The van der Waals surface area contributed by atoms with Gasteiger partial charge >= 0.3 is 5.97 Å². The van der Waals surface area contributed by atoms with Gasteiger partial charge in [0, 0.05) is 12.6 Å². The average Bonchev–Trinajstić information content (AvgIpc) is 3.50. The van der Waals surface area contributed by atoms with Crippen LogP contribution < -0.4 is 10.0 Å². The first-order valence-electron chi connectivity index (χ1n) is 9.00. The Balaban J connectivity index is 1.53. The van der Waals surface area contributed by atoms with Gasteiger partial charge in [-0.2, -0.15) is 0 Å². The Labute approximate surface area is 164 Å². The van der Waals surface area contributed by atoms with Gasteiger partial charge in [-0.25, -0.2) is 17.9 Å². The number of ether oxygens (including phenoxy) is 1. The van der Waals surface area contributed by atoms with Crippen LogP contribution in [0.3, 0.4) is 0 Å². The molecule has 1 aliphatic rings. The zero-order chi connectivity index (χ0) is 20.1. The van der Waals surface area contributed by atoms with Crippen LogP contribution in [0.25, 0.3) is 0 Å². The highest BCUT2D eigenvalue weighted by Crippen LogP contribution is 2.22. The SMILES string of the molecule is CC(OC(=O)c1ccc(S(=O)(=O)NC2CC2)cc1)C(=O)NCc1ccccc1. The molecule has 0 spiro atoms. The van der Waals surface area contributed by atoms with Crippen LogP contribution in [-0.2, 0) is 26.1 Å². The standard InChI is InChI=1S/C20H22N2O5S/c1-14(19(23)21-13-15-5-3-2-4-6-15)27-20(24)16-7-11-18(12-8-16)28(25,26)22-17-9-10-17/h2-8,11-12,14,17,22H,9-10,13H2,1H3,(H,21,23). The molecule has 0 bridgehead atoms. The summed E-state index contributed by atoms with van der Waals surface area (Å²) in [6.45, 7) is 1.82. The van der Waals surface area contributed by atoms with Crippen molar-refractivity contribution in [3.8, 4) is 0 Å². The Bertz CT molecular complexity index is 938. The van der Waals surface area contributed by atoms with Crippen molar-refractivity contribution < 1.29 is 22.7 Å². The van der Waals surface area contributed by atoms with Gasteiger partial charge in [0.2, 0.25) is 10.0 Å². The predicted octanol–water partition coefficient (Wildman–Crippen LogP) is 1.99. The molecular formula is C20H22N2O5S. The zero-order valence-electron chi connectivity index (χ0n) is 15.4. The number of benzene rings is 2. The largest absolute Gasteiger partial charge is 0.449 e. The second-order valence-electron chi connectivity index (χ2n) is 6.67. The highest BCUT2D eigenvalue weighted by atomic mass is 32.2. The minimum atomic E-state index is -3.58. The molecule has 0 aliphatic heterocycles. The minimum Gasteiger partial charge on any atom is -0.449 e. The highest BCUT2D eigenvalue weighted by molar-refractivity contribution is 7.89. The molecule has 1 fully saturated rings. The predicted molar refractivity (Wildman–Crippen MR) is 103 cm³/mol. The van der Waals surface area contributed by atoms with Crippen molar-refractivity contribution in [2.75, 3.05) is 0 Å². The number of hydrogen-bond donors (Lipinski definition) is 2. The summed E-state index contributed by atoms with van der Waals surface area (Å²) in [4.78, 5) is 24.4. The van der Waals surface area contributed by atoms with Gasteiger partial charge in [0.15, 0.2) is 6.10 Å². The quantitative estimate of drug-likeness (QED) is 0.658. The van der Waals surface area contributed by atoms with Crippen molar-refractivity contribution in [2.45, 2.75) is 43.4 Å². The molecule has 1 atom stereocenters. The third kappa shape index (κ3) is 5.40. The lowest BCUT2D eigenvalue weighted by Crippen LogP contribution is -2.35. The van der Waals surface area contributed by atoms with Crippen molar-refractivity contribution >= 4 is 21.9 Å². The molecule has 1 saturated carbocycles. The van der Waals surface area contributed by atoms with E-state index in [0.29, 0.717) is 6.54 Å². The fourth-order valence-electron chi connectivity index (χ4n) is 2.47. The summed E-state index contributed by atoms with van der Waals surface area (Å²) in [6.07, 6.45) is 0.706. The molecule has 8 heteroatoms. The van der Waals surface area contributed by atoms with Gasteiger partial charge in [0.1, 0.15) is 0 Å². The number of rotatable bonds is 8. The number of amides is 1. The third-order valence-corrected chi connectivity index (χ3v) is 5.80. The monoisotopic (exact) mass is 402 g/mol. The first-order chi connectivity index (χ1) is 13.3. The van der Waals surface area contributed by atoms with Gasteiger partial charge in [0.25, 0.3) is 5.91 Å².